The van der Waals surface area contributed by atoms with Gasteiger partial charge >= 0.3 is 0 Å². The Kier molecular flexibility index (Phi) is 4.96. The lowest BCUT2D eigenvalue weighted by Crippen LogP contribution is -2.78. The van der Waals surface area contributed by atoms with Crippen LogP contribution in [0, 0.1) is 11.3 Å². The number of aromatic nitrogens is 1. The van der Waals surface area contributed by atoms with Crippen LogP contribution in [0.2, 0.25) is 0 Å². The van der Waals surface area contributed by atoms with Gasteiger partial charge in [-0.3, -0.25) is 0 Å². The number of halogens is 1. The average molecular weight is 523 g/mol. The monoisotopic (exact) mass is 522 g/mol. The summed E-state index contributed by atoms with van der Waals surface area (Å²) in [5, 5.41) is 45.6. The van der Waals surface area contributed by atoms with Crippen LogP contribution in [0.1, 0.15) is 44.6 Å². The van der Waals surface area contributed by atoms with Crippen molar-refractivity contribution in [1.29, 1.82) is 0 Å². The van der Waals surface area contributed by atoms with Crippen molar-refractivity contribution >= 4 is 16.3 Å². The summed E-state index contributed by atoms with van der Waals surface area (Å²) in [6, 6.07) is 7.42. The van der Waals surface area contributed by atoms with E-state index in [1.807, 2.05) is 24.3 Å². The predicted molar refractivity (Wildman–Crippen MR) is 140 cm³/mol. The number of nitrogens with zero attached hydrogens (tertiary/aromatic N) is 2. The summed E-state index contributed by atoms with van der Waals surface area (Å²) in [5.41, 5.74) is -2.38. The molecular formula is C30H35FN2O5. The van der Waals surface area contributed by atoms with Crippen molar-refractivity contribution in [3.8, 4) is 5.88 Å². The van der Waals surface area contributed by atoms with Crippen molar-refractivity contribution in [3.63, 3.8) is 0 Å². The smallest absolute Gasteiger partial charge is 0.218 e. The molecule has 0 amide bonds. The van der Waals surface area contributed by atoms with E-state index in [-0.39, 0.29) is 23.6 Å². The molecule has 2 bridgehead atoms. The quantitative estimate of drug-likeness (QED) is 0.449. The second-order valence-electron chi connectivity index (χ2n) is 12.6. The first-order chi connectivity index (χ1) is 18.0. The summed E-state index contributed by atoms with van der Waals surface area (Å²) in [7, 11) is 3.61. The molecule has 1 aromatic carbocycles. The van der Waals surface area contributed by atoms with Gasteiger partial charge < -0.3 is 30.1 Å². The van der Waals surface area contributed by atoms with Crippen LogP contribution in [0.25, 0.3) is 16.3 Å². The number of benzene rings is 1. The molecule has 2 spiro atoms. The lowest BCUT2D eigenvalue weighted by atomic mass is 9.55. The van der Waals surface area contributed by atoms with Gasteiger partial charge in [-0.1, -0.05) is 31.2 Å². The summed E-state index contributed by atoms with van der Waals surface area (Å²) in [6.07, 6.45) is 3.50. The van der Waals surface area contributed by atoms with Crippen molar-refractivity contribution < 1.29 is 29.6 Å². The van der Waals surface area contributed by atoms with Crippen molar-refractivity contribution in [2.75, 3.05) is 14.1 Å². The van der Waals surface area contributed by atoms with Gasteiger partial charge in [0, 0.05) is 29.0 Å². The Balaban J connectivity index is 1.32. The first-order valence-electron chi connectivity index (χ1n) is 13.6. The van der Waals surface area contributed by atoms with Crippen molar-refractivity contribution in [2.24, 2.45) is 11.3 Å². The van der Waals surface area contributed by atoms with Gasteiger partial charge in [0.05, 0.1) is 11.7 Å². The highest BCUT2D eigenvalue weighted by Crippen LogP contribution is 2.70. The minimum Gasteiger partial charge on any atom is -0.493 e. The van der Waals surface area contributed by atoms with E-state index in [0.29, 0.717) is 36.6 Å². The number of alkyl halides is 1. The molecule has 2 aliphatic heterocycles. The molecule has 7 nitrogen and oxygen atoms in total. The number of aromatic hydroxyl groups is 1. The first kappa shape index (κ1) is 24.7. The minimum atomic E-state index is -2.49. The lowest BCUT2D eigenvalue weighted by molar-refractivity contribution is -0.308. The molecular weight excluding hydrogens is 487 g/mol. The zero-order chi connectivity index (χ0) is 26.8. The van der Waals surface area contributed by atoms with E-state index < -0.39 is 41.2 Å². The summed E-state index contributed by atoms with van der Waals surface area (Å²) in [6.45, 7) is 2.21. The molecule has 0 radical (unpaired) electrons. The number of fused-ring (bicyclic) bond motifs is 2. The van der Waals surface area contributed by atoms with Gasteiger partial charge in [-0.15, -0.1) is 0 Å². The van der Waals surface area contributed by atoms with E-state index in [4.69, 9.17) is 4.74 Å². The van der Waals surface area contributed by atoms with Crippen LogP contribution in [0.5, 0.6) is 5.88 Å². The van der Waals surface area contributed by atoms with Gasteiger partial charge in [-0.25, -0.2) is 9.37 Å². The Labute approximate surface area is 221 Å². The molecule has 8 heteroatoms. The van der Waals surface area contributed by atoms with E-state index in [1.165, 1.54) is 0 Å². The van der Waals surface area contributed by atoms with Crippen LogP contribution >= 0.6 is 0 Å². The fraction of sp³-hybridized carbons (Fsp3) is 0.567. The van der Waals surface area contributed by atoms with Gasteiger partial charge in [-0.05, 0) is 80.4 Å². The molecule has 3 fully saturated rings. The number of aliphatic hydroxyl groups excluding tert-OH is 3. The van der Waals surface area contributed by atoms with Gasteiger partial charge in [0.2, 0.25) is 5.88 Å². The van der Waals surface area contributed by atoms with Gasteiger partial charge in [0.1, 0.15) is 17.8 Å². The molecule has 2 aromatic rings. The molecule has 38 heavy (non-hydrogen) atoms. The molecule has 5 aliphatic rings. The Morgan fingerprint density at radius 3 is 2.66 bits per heavy atom. The van der Waals surface area contributed by atoms with Gasteiger partial charge in [-0.2, -0.15) is 0 Å². The van der Waals surface area contributed by atoms with E-state index in [2.05, 4.69) is 24.1 Å². The van der Waals surface area contributed by atoms with E-state index in [0.717, 1.165) is 16.5 Å². The highest BCUT2D eigenvalue weighted by Gasteiger charge is 2.79. The van der Waals surface area contributed by atoms with E-state index in [9.17, 15) is 20.4 Å². The van der Waals surface area contributed by atoms with E-state index in [1.54, 1.807) is 25.2 Å². The number of ether oxygens (including phenoxy) is 1. The fourth-order valence-electron chi connectivity index (χ4n) is 8.85. The maximum atomic E-state index is 17.0. The maximum absolute atomic E-state index is 17.0. The molecule has 1 aromatic heterocycles. The zero-order valence-electron chi connectivity index (χ0n) is 21.9. The summed E-state index contributed by atoms with van der Waals surface area (Å²) in [4.78, 5) is 5.85. The van der Waals surface area contributed by atoms with Crippen LogP contribution in [0.3, 0.4) is 0 Å². The standard InChI is InChI=1S/C30H35FN2O5/c1-27-10-8-20-24(35)30(31)25(36)23(34)21(33(2)3)15-28(30)11-12-29(20,38-28)22(27)7-6-19(27)17-5-4-16-9-13-32-26(37)18(16)14-17/h4-6,8-9,13-14,21-25,34-36H,7,10-12,15H2,1-3H3,(H,32,37)/t21-,22?,23+,24?,25-,27+,28+,29+,30?/m0/s1. The van der Waals surface area contributed by atoms with Crippen molar-refractivity contribution in [1.82, 2.24) is 9.88 Å². The molecule has 3 unspecified atom stereocenters. The molecule has 3 aliphatic carbocycles. The second kappa shape index (κ2) is 7.64. The van der Waals surface area contributed by atoms with E-state index >= 15 is 4.39 Å². The number of rotatable bonds is 2. The van der Waals surface area contributed by atoms with Gasteiger partial charge in [0.15, 0.2) is 5.67 Å². The van der Waals surface area contributed by atoms with Crippen LogP contribution in [0.4, 0.5) is 4.39 Å². The Morgan fingerprint density at radius 2 is 1.89 bits per heavy atom. The van der Waals surface area contributed by atoms with Crippen LogP contribution < -0.4 is 0 Å². The molecule has 2 saturated heterocycles. The second-order valence-corrected chi connectivity index (χ2v) is 12.6. The number of aliphatic hydroxyl groups is 3. The Morgan fingerprint density at radius 1 is 1.11 bits per heavy atom. The highest BCUT2D eigenvalue weighted by molar-refractivity contribution is 5.90. The maximum Gasteiger partial charge on any atom is 0.218 e. The fourth-order valence-corrected chi connectivity index (χ4v) is 8.85. The molecule has 4 N–H and O–H groups in total. The van der Waals surface area contributed by atoms with Gasteiger partial charge in [0.25, 0.3) is 0 Å². The highest BCUT2D eigenvalue weighted by atomic mass is 19.1. The topological polar surface area (TPSA) is 106 Å². The number of pyridine rings is 1. The lowest BCUT2D eigenvalue weighted by Gasteiger charge is -2.62. The van der Waals surface area contributed by atoms with Crippen LogP contribution in [-0.4, -0.2) is 85.6 Å². The summed E-state index contributed by atoms with van der Waals surface area (Å²) >= 11 is 0. The molecule has 202 valence electrons. The van der Waals surface area contributed by atoms with Crippen molar-refractivity contribution in [3.05, 3.63) is 53.8 Å². The normalized spacial score (nSPS) is 45.4. The minimum absolute atomic E-state index is 0.00156. The molecule has 9 atom stereocenters. The third kappa shape index (κ3) is 2.73. The molecule has 1 saturated carbocycles. The summed E-state index contributed by atoms with van der Waals surface area (Å²) in [5.74, 6) is -0.0260. The number of hydrogen-bond acceptors (Lipinski definition) is 7. The Hall–Kier alpha value is -2.36. The molecule has 7 rings (SSSR count). The predicted octanol–water partition coefficient (Wildman–Crippen LogP) is 3.11. The number of likely N-dealkylation sites (N-methyl/N-ethyl adjacent to an activating group) is 1. The van der Waals surface area contributed by atoms with Crippen LogP contribution in [0.15, 0.2) is 48.2 Å². The Bertz CT molecular complexity index is 1410. The number of hydrogen-bond donors (Lipinski definition) is 4. The summed E-state index contributed by atoms with van der Waals surface area (Å²) < 4.78 is 23.9. The largest absolute Gasteiger partial charge is 0.493 e. The number of allylic oxidation sites excluding steroid dienone is 3. The zero-order valence-corrected chi connectivity index (χ0v) is 21.9. The van der Waals surface area contributed by atoms with Crippen molar-refractivity contribution in [2.45, 2.75) is 80.3 Å². The SMILES string of the molecule is CN(C)[C@H]1C[C@@]23CC[C@@]4(O2)C(=CC[C@]2(C)C(c5ccc6ccnc(O)c6c5)=CCC24)C(O)C3(F)[C@@H](O)[C@@H]1O. The third-order valence-corrected chi connectivity index (χ3v) is 10.8. The average Bonchev–Trinajstić information content (AvgIpc) is 3.43. The first-order valence-corrected chi connectivity index (χ1v) is 13.6. The molecule has 3 heterocycles. The van der Waals surface area contributed by atoms with Crippen LogP contribution in [-0.2, 0) is 4.74 Å². The third-order valence-electron chi connectivity index (χ3n) is 10.8.